The first-order chi connectivity index (χ1) is 13.3. The summed E-state index contributed by atoms with van der Waals surface area (Å²) in [5, 5.41) is 15.1. The number of aliphatic hydroxyl groups is 1. The van der Waals surface area contributed by atoms with Crippen molar-refractivity contribution in [3.05, 3.63) is 65.7 Å². The van der Waals surface area contributed by atoms with Gasteiger partial charge in [-0.3, -0.25) is 4.90 Å². The molecule has 2 fully saturated rings. The number of para-hydroxylation sites is 1. The Balaban J connectivity index is 1.50. The Labute approximate surface area is 162 Å². The summed E-state index contributed by atoms with van der Waals surface area (Å²) in [5.74, 6) is 0.940. The molecule has 3 aliphatic rings. The zero-order chi connectivity index (χ0) is 18.2. The molecule has 5 rings (SSSR count). The summed E-state index contributed by atoms with van der Waals surface area (Å²) in [5.41, 5.74) is 3.95. The Bertz CT molecular complexity index is 771. The molecule has 0 bridgehead atoms. The summed E-state index contributed by atoms with van der Waals surface area (Å²) in [7, 11) is 0. The maximum atomic E-state index is 11.3. The average molecular weight is 363 g/mol. The van der Waals surface area contributed by atoms with Crippen molar-refractivity contribution in [3.8, 4) is 0 Å². The Morgan fingerprint density at radius 2 is 1.63 bits per heavy atom. The average Bonchev–Trinajstić information content (AvgIpc) is 3.19. The molecule has 1 aliphatic carbocycles. The van der Waals surface area contributed by atoms with E-state index >= 15 is 0 Å². The van der Waals surface area contributed by atoms with Crippen LogP contribution in [0.2, 0.25) is 0 Å². The summed E-state index contributed by atoms with van der Waals surface area (Å²) in [6.45, 7) is 0.992. The fraction of sp³-hybridized carbons (Fsp3) is 0.500. The van der Waals surface area contributed by atoms with Crippen LogP contribution in [0.15, 0.2) is 54.6 Å². The Hall–Kier alpha value is -1.84. The van der Waals surface area contributed by atoms with Crippen molar-refractivity contribution < 1.29 is 5.11 Å². The van der Waals surface area contributed by atoms with Crippen LogP contribution in [0, 0.1) is 11.8 Å². The number of rotatable bonds is 3. The molecule has 2 aromatic rings. The summed E-state index contributed by atoms with van der Waals surface area (Å²) in [6.07, 6.45) is 7.06. The number of fused-ring (bicyclic) bond motifs is 3. The minimum Gasteiger partial charge on any atom is -0.378 e. The topological polar surface area (TPSA) is 35.5 Å². The van der Waals surface area contributed by atoms with Crippen LogP contribution in [0.4, 0.5) is 5.69 Å². The van der Waals surface area contributed by atoms with Crippen molar-refractivity contribution in [2.45, 2.75) is 56.8 Å². The molecular formula is C24H30N2O. The molecule has 4 atom stereocenters. The maximum absolute atomic E-state index is 11.3. The summed E-state index contributed by atoms with van der Waals surface area (Å²) >= 11 is 0. The molecule has 142 valence electrons. The predicted molar refractivity (Wildman–Crippen MR) is 109 cm³/mol. The van der Waals surface area contributed by atoms with Crippen molar-refractivity contribution in [1.29, 1.82) is 0 Å². The number of likely N-dealkylation sites (tertiary alicyclic amines) is 1. The lowest BCUT2D eigenvalue weighted by atomic mass is 9.79. The van der Waals surface area contributed by atoms with E-state index in [0.717, 1.165) is 13.0 Å². The predicted octanol–water partition coefficient (Wildman–Crippen LogP) is 5.12. The second kappa shape index (κ2) is 7.29. The second-order valence-corrected chi connectivity index (χ2v) is 8.57. The molecule has 1 saturated carbocycles. The number of hydrogen-bond donors (Lipinski definition) is 2. The molecule has 2 N–H and O–H groups in total. The molecule has 27 heavy (non-hydrogen) atoms. The highest BCUT2D eigenvalue weighted by atomic mass is 16.3. The van der Waals surface area contributed by atoms with Crippen LogP contribution >= 0.6 is 0 Å². The van der Waals surface area contributed by atoms with Gasteiger partial charge >= 0.3 is 0 Å². The summed E-state index contributed by atoms with van der Waals surface area (Å²) < 4.78 is 0. The van der Waals surface area contributed by atoms with E-state index in [1.165, 1.54) is 48.9 Å². The fourth-order valence-electron chi connectivity index (χ4n) is 5.75. The highest BCUT2D eigenvalue weighted by Gasteiger charge is 2.47. The van der Waals surface area contributed by atoms with E-state index in [4.69, 9.17) is 0 Å². The first-order valence-electron chi connectivity index (χ1n) is 10.7. The van der Waals surface area contributed by atoms with Gasteiger partial charge in [0.1, 0.15) is 6.23 Å². The summed E-state index contributed by atoms with van der Waals surface area (Å²) in [4.78, 5) is 2.43. The van der Waals surface area contributed by atoms with Crippen molar-refractivity contribution in [2.24, 2.45) is 11.8 Å². The minimum atomic E-state index is -0.303. The normalized spacial score (nSPS) is 29.6. The highest BCUT2D eigenvalue weighted by Crippen LogP contribution is 2.52. The van der Waals surface area contributed by atoms with Crippen molar-refractivity contribution in [2.75, 3.05) is 11.9 Å². The monoisotopic (exact) mass is 362 g/mol. The van der Waals surface area contributed by atoms with Gasteiger partial charge in [-0.2, -0.15) is 0 Å². The van der Waals surface area contributed by atoms with Crippen LogP contribution in [0.3, 0.4) is 0 Å². The SMILES string of the molecule is OC(C1CCCCC1)N1CC[C@H]2C(c3ccccc3)Nc3ccccc3C21. The lowest BCUT2D eigenvalue weighted by molar-refractivity contribution is -0.0637. The zero-order valence-electron chi connectivity index (χ0n) is 15.9. The number of nitrogens with zero attached hydrogens (tertiary/aromatic N) is 1. The molecule has 2 aliphatic heterocycles. The standard InChI is InChI=1S/C24H30N2O/c27-24(18-11-5-2-6-12-18)26-16-15-20-22(17-9-3-1-4-10-17)25-21-14-8-7-13-19(21)23(20)26/h1,3-4,7-10,13-14,18,20,22-25,27H,2,5-6,11-12,15-16H2/t20-,22?,23?,24?/m0/s1. The van der Waals surface area contributed by atoms with Gasteiger partial charge in [0, 0.05) is 24.2 Å². The van der Waals surface area contributed by atoms with Crippen LogP contribution in [-0.2, 0) is 0 Å². The largest absolute Gasteiger partial charge is 0.378 e. The third kappa shape index (κ3) is 3.07. The number of benzene rings is 2. The Morgan fingerprint density at radius 1 is 0.889 bits per heavy atom. The lowest BCUT2D eigenvalue weighted by Gasteiger charge is -2.43. The van der Waals surface area contributed by atoms with E-state index in [0.29, 0.717) is 23.9 Å². The van der Waals surface area contributed by atoms with E-state index in [2.05, 4.69) is 64.8 Å². The molecule has 3 nitrogen and oxygen atoms in total. The van der Waals surface area contributed by atoms with Gasteiger partial charge in [0.2, 0.25) is 0 Å². The molecular weight excluding hydrogens is 332 g/mol. The van der Waals surface area contributed by atoms with Crippen LogP contribution in [-0.4, -0.2) is 22.8 Å². The molecule has 1 saturated heterocycles. The van der Waals surface area contributed by atoms with Gasteiger partial charge in [-0.1, -0.05) is 67.8 Å². The molecule has 0 aromatic heterocycles. The third-order valence-electron chi connectivity index (χ3n) is 7.07. The van der Waals surface area contributed by atoms with Crippen molar-refractivity contribution in [1.82, 2.24) is 4.90 Å². The molecule has 3 unspecified atom stereocenters. The van der Waals surface area contributed by atoms with Gasteiger partial charge in [-0.15, -0.1) is 0 Å². The number of anilines is 1. The second-order valence-electron chi connectivity index (χ2n) is 8.57. The van der Waals surface area contributed by atoms with Crippen LogP contribution in [0.1, 0.15) is 61.7 Å². The first kappa shape index (κ1) is 17.3. The molecule has 0 spiro atoms. The summed E-state index contributed by atoms with van der Waals surface area (Å²) in [6, 6.07) is 20.2. The molecule has 0 radical (unpaired) electrons. The van der Waals surface area contributed by atoms with E-state index in [-0.39, 0.29) is 6.23 Å². The van der Waals surface area contributed by atoms with Crippen LogP contribution in [0.5, 0.6) is 0 Å². The lowest BCUT2D eigenvalue weighted by Crippen LogP contribution is -2.43. The first-order valence-corrected chi connectivity index (χ1v) is 10.7. The molecule has 0 amide bonds. The quantitative estimate of drug-likeness (QED) is 0.796. The smallest absolute Gasteiger partial charge is 0.110 e. The zero-order valence-corrected chi connectivity index (χ0v) is 15.9. The number of nitrogens with one attached hydrogen (secondary N) is 1. The maximum Gasteiger partial charge on any atom is 0.110 e. The van der Waals surface area contributed by atoms with Crippen molar-refractivity contribution >= 4 is 5.69 Å². The number of aliphatic hydroxyl groups excluding tert-OH is 1. The number of hydrogen-bond acceptors (Lipinski definition) is 3. The van der Waals surface area contributed by atoms with Crippen molar-refractivity contribution in [3.63, 3.8) is 0 Å². The van der Waals surface area contributed by atoms with Gasteiger partial charge < -0.3 is 10.4 Å². The van der Waals surface area contributed by atoms with Gasteiger partial charge in [0.05, 0.1) is 6.04 Å². The minimum absolute atomic E-state index is 0.303. The van der Waals surface area contributed by atoms with Gasteiger partial charge in [0.15, 0.2) is 0 Å². The van der Waals surface area contributed by atoms with E-state index < -0.39 is 0 Å². The Kier molecular flexibility index (Phi) is 4.66. The molecule has 3 heteroatoms. The van der Waals surface area contributed by atoms with Crippen LogP contribution in [0.25, 0.3) is 0 Å². The molecule has 2 heterocycles. The molecule has 2 aromatic carbocycles. The van der Waals surface area contributed by atoms with E-state index in [9.17, 15) is 5.11 Å². The van der Waals surface area contributed by atoms with Gasteiger partial charge in [0.25, 0.3) is 0 Å². The highest BCUT2D eigenvalue weighted by molar-refractivity contribution is 5.57. The van der Waals surface area contributed by atoms with E-state index in [1.807, 2.05) is 0 Å². The van der Waals surface area contributed by atoms with Gasteiger partial charge in [-0.25, -0.2) is 0 Å². The van der Waals surface area contributed by atoms with Gasteiger partial charge in [-0.05, 0) is 42.4 Å². The van der Waals surface area contributed by atoms with E-state index in [1.54, 1.807) is 0 Å². The third-order valence-corrected chi connectivity index (χ3v) is 7.07. The van der Waals surface area contributed by atoms with Crippen LogP contribution < -0.4 is 5.32 Å². The Morgan fingerprint density at radius 3 is 2.44 bits per heavy atom. The fourth-order valence-corrected chi connectivity index (χ4v) is 5.75.